The van der Waals surface area contributed by atoms with Crippen molar-refractivity contribution < 1.29 is 28.9 Å². The van der Waals surface area contributed by atoms with Gasteiger partial charge in [-0.25, -0.2) is 4.39 Å². The molecule has 3 aromatic carbocycles. The number of hydrogen-bond donors (Lipinski definition) is 0. The number of fused-ring (bicyclic) bond motifs is 3. The molecule has 3 heterocycles. The Hall–Kier alpha value is -3.44. The van der Waals surface area contributed by atoms with Gasteiger partial charge in [0.25, 0.3) is 0 Å². The summed E-state index contributed by atoms with van der Waals surface area (Å²) in [7, 11) is -1.34. The summed E-state index contributed by atoms with van der Waals surface area (Å²) in [6.07, 6.45) is 5.04. The molecule has 1 radical (unpaired) electrons. The monoisotopic (exact) mass is 779 g/mol. The van der Waals surface area contributed by atoms with E-state index < -0.39 is 8.07 Å². The molecule has 3 nitrogen and oxygen atoms in total. The average Bonchev–Trinajstić information content (AvgIpc) is 3.35. The van der Waals surface area contributed by atoms with Crippen molar-refractivity contribution >= 4 is 35.2 Å². The predicted octanol–water partition coefficient (Wildman–Crippen LogP) is 10.0. The van der Waals surface area contributed by atoms with E-state index in [0.717, 1.165) is 39.7 Å². The van der Waals surface area contributed by atoms with E-state index in [1.165, 1.54) is 28.4 Å². The van der Waals surface area contributed by atoms with Crippen LogP contribution in [0.4, 0.5) is 4.39 Å². The normalized spacial score (nSPS) is 11.5. The molecule has 0 fully saturated rings. The summed E-state index contributed by atoms with van der Waals surface area (Å²) in [5.74, 6) is 0.780. The number of pyridine rings is 2. The third-order valence-electron chi connectivity index (χ3n) is 7.51. The quantitative estimate of drug-likeness (QED) is 0.125. The Labute approximate surface area is 275 Å². The molecule has 6 heteroatoms. The van der Waals surface area contributed by atoms with Crippen molar-refractivity contribution in [1.29, 1.82) is 0 Å². The average molecular weight is 779 g/mol. The number of rotatable bonds is 6. The Morgan fingerprint density at radius 3 is 2.32 bits per heavy atom. The second-order valence-electron chi connectivity index (χ2n) is 12.8. The van der Waals surface area contributed by atoms with Gasteiger partial charge in [-0.1, -0.05) is 81.5 Å². The van der Waals surface area contributed by atoms with Gasteiger partial charge in [0.15, 0.2) is 0 Å². The Bertz CT molecular complexity index is 1860. The van der Waals surface area contributed by atoms with Crippen molar-refractivity contribution in [3.63, 3.8) is 0 Å². The summed E-state index contributed by atoms with van der Waals surface area (Å²) in [5, 5.41) is 3.34. The zero-order chi connectivity index (χ0) is 30.7. The van der Waals surface area contributed by atoms with Gasteiger partial charge in [0.05, 0.1) is 13.7 Å². The van der Waals surface area contributed by atoms with Crippen LogP contribution in [0.15, 0.2) is 89.6 Å². The van der Waals surface area contributed by atoms with Gasteiger partial charge in [0.2, 0.25) is 0 Å². The van der Waals surface area contributed by atoms with Crippen LogP contribution >= 0.6 is 0 Å². The van der Waals surface area contributed by atoms with E-state index in [0.29, 0.717) is 23.0 Å². The van der Waals surface area contributed by atoms with Crippen LogP contribution in [0.2, 0.25) is 19.6 Å². The van der Waals surface area contributed by atoms with Gasteiger partial charge in [-0.2, -0.15) is 0 Å². The van der Waals surface area contributed by atoms with Gasteiger partial charge in [0, 0.05) is 44.0 Å². The van der Waals surface area contributed by atoms with Crippen molar-refractivity contribution in [3.8, 4) is 22.5 Å². The first kappa shape index (κ1) is 33.4. The van der Waals surface area contributed by atoms with Gasteiger partial charge in [0.1, 0.15) is 11.4 Å². The van der Waals surface area contributed by atoms with Crippen molar-refractivity contribution in [3.05, 3.63) is 114 Å². The first-order valence-corrected chi connectivity index (χ1v) is 18.5. The Kier molecular flexibility index (Phi) is 10.7. The van der Waals surface area contributed by atoms with E-state index in [-0.39, 0.29) is 25.9 Å². The van der Waals surface area contributed by atoms with Crippen LogP contribution in [0, 0.1) is 23.9 Å². The minimum Gasteiger partial charge on any atom is -0.500 e. The van der Waals surface area contributed by atoms with Gasteiger partial charge >= 0.3 is 0 Å². The molecule has 0 saturated heterocycles. The van der Waals surface area contributed by atoms with Crippen LogP contribution in [0.25, 0.3) is 44.5 Å². The molecule has 44 heavy (non-hydrogen) atoms. The fraction of sp³-hybridized carbons (Fsp3) is 0.263. The minimum atomic E-state index is -1.34. The van der Waals surface area contributed by atoms with E-state index in [4.69, 9.17) is 4.42 Å². The van der Waals surface area contributed by atoms with Crippen LogP contribution in [-0.2, 0) is 26.5 Å². The van der Waals surface area contributed by atoms with Crippen LogP contribution in [0.1, 0.15) is 44.7 Å². The maximum Gasteiger partial charge on any atom is 0.126 e. The number of nitrogens with zero attached hydrogens (tertiary/aromatic N) is 2. The van der Waals surface area contributed by atoms with Crippen LogP contribution in [0.3, 0.4) is 0 Å². The molecule has 0 bridgehead atoms. The molecule has 0 spiro atoms. The topological polar surface area (TPSA) is 38.9 Å². The smallest absolute Gasteiger partial charge is 0.126 e. The number of benzene rings is 3. The minimum absolute atomic E-state index is 0. The third-order valence-corrected chi connectivity index (χ3v) is 9.58. The van der Waals surface area contributed by atoms with Crippen molar-refractivity contribution in [2.24, 2.45) is 5.92 Å². The standard InChI is InChI=1S/C20H15FNO.C18H24NSi.Ir/c1-12(2)13-8-9-22-18(10-13)17-5-3-4-16-15-7-6-14(21)11-19(15)23-20(16)17;1-14(2)11-16-12-17(15-9-7-6-8-10-15)19-13-18(16)20(3,4)5;/h3-4,6-12H,1-2H3;6-9,12-14H,11H2,1-5H3;/q2*-1;. The number of hydrogen-bond acceptors (Lipinski definition) is 3. The zero-order valence-electron chi connectivity index (χ0n) is 26.5. The summed E-state index contributed by atoms with van der Waals surface area (Å²) in [5.41, 5.74) is 7.68. The van der Waals surface area contributed by atoms with Crippen LogP contribution in [0.5, 0.6) is 0 Å². The number of aromatic nitrogens is 2. The van der Waals surface area contributed by atoms with E-state index in [1.54, 1.807) is 12.3 Å². The largest absolute Gasteiger partial charge is 0.500 e. The fourth-order valence-corrected chi connectivity index (χ4v) is 6.92. The van der Waals surface area contributed by atoms with E-state index >= 15 is 0 Å². The number of furan rings is 1. The molecule has 0 saturated carbocycles. The van der Waals surface area contributed by atoms with Crippen LogP contribution < -0.4 is 5.19 Å². The van der Waals surface area contributed by atoms with E-state index in [1.807, 2.05) is 36.4 Å². The van der Waals surface area contributed by atoms with E-state index in [2.05, 4.69) is 93.8 Å². The third kappa shape index (κ3) is 7.61. The molecule has 229 valence electrons. The Morgan fingerprint density at radius 1 is 0.841 bits per heavy atom. The molecule has 0 amide bonds. The second-order valence-corrected chi connectivity index (χ2v) is 17.9. The summed E-state index contributed by atoms with van der Waals surface area (Å²) in [4.78, 5) is 9.15. The summed E-state index contributed by atoms with van der Waals surface area (Å²) >= 11 is 0. The molecule has 0 atom stereocenters. The summed E-state index contributed by atoms with van der Waals surface area (Å²) < 4.78 is 19.4. The molecular weight excluding hydrogens is 740 g/mol. The molecule has 0 N–H and O–H groups in total. The molecule has 0 aliphatic rings. The molecule has 0 aliphatic heterocycles. The predicted molar refractivity (Wildman–Crippen MR) is 180 cm³/mol. The first-order valence-electron chi connectivity index (χ1n) is 15.0. The maximum atomic E-state index is 13.5. The van der Waals surface area contributed by atoms with Gasteiger partial charge < -0.3 is 14.4 Å². The molecule has 0 aliphatic carbocycles. The van der Waals surface area contributed by atoms with Crippen molar-refractivity contribution in [2.45, 2.75) is 59.7 Å². The fourth-order valence-electron chi connectivity index (χ4n) is 5.33. The zero-order valence-corrected chi connectivity index (χ0v) is 29.9. The van der Waals surface area contributed by atoms with Crippen molar-refractivity contribution in [1.82, 2.24) is 9.97 Å². The second kappa shape index (κ2) is 14.1. The maximum absolute atomic E-state index is 13.5. The Morgan fingerprint density at radius 2 is 1.64 bits per heavy atom. The molecular formula is C38H39FIrN2OSi-2. The van der Waals surface area contributed by atoms with E-state index in [9.17, 15) is 4.39 Å². The first-order chi connectivity index (χ1) is 20.5. The van der Waals surface area contributed by atoms with Gasteiger partial charge in [-0.3, -0.25) is 0 Å². The van der Waals surface area contributed by atoms with Gasteiger partial charge in [-0.15, -0.1) is 54.1 Å². The molecule has 0 unspecified atom stereocenters. The molecule has 6 rings (SSSR count). The SMILES string of the molecule is CC(C)Cc1cc(-c2[c-]cccc2)ncc1[Si](C)(C)C.CC(C)c1ccnc(-c2[c-]ccc3c2oc2cc(F)ccc23)c1.[Ir]. The van der Waals surface area contributed by atoms with Crippen LogP contribution in [-0.4, -0.2) is 18.0 Å². The Balaban J connectivity index is 0.000000199. The summed E-state index contributed by atoms with van der Waals surface area (Å²) in [6.45, 7) is 16.0. The van der Waals surface area contributed by atoms with Crippen molar-refractivity contribution in [2.75, 3.05) is 0 Å². The molecule has 3 aromatic heterocycles. The van der Waals surface area contributed by atoms with Gasteiger partial charge in [-0.05, 0) is 53.0 Å². The molecule has 6 aromatic rings. The number of halogens is 1. The summed E-state index contributed by atoms with van der Waals surface area (Å²) in [6, 6.07) is 29.3.